The average Bonchev–Trinajstić information content (AvgIpc) is 3.08. The van der Waals surface area contributed by atoms with Crippen LogP contribution < -0.4 is 15.5 Å². The van der Waals surface area contributed by atoms with Crippen molar-refractivity contribution in [3.05, 3.63) is 58.6 Å². The third kappa shape index (κ3) is 4.69. The summed E-state index contributed by atoms with van der Waals surface area (Å²) >= 11 is 8.80. The highest BCUT2D eigenvalue weighted by Gasteiger charge is 2.11. The van der Waals surface area contributed by atoms with Crippen LogP contribution in [0.2, 0.25) is 0 Å². The first kappa shape index (κ1) is 16.3. The Morgan fingerprint density at radius 2 is 1.83 bits per heavy atom. The SMILES string of the molecule is S=C(NCc1ccc(N2CCCC2)cc1)Nc1cccc(Br)c1. The number of thiocarbonyl (C=S) groups is 1. The zero-order chi connectivity index (χ0) is 16.1. The maximum Gasteiger partial charge on any atom is 0.171 e. The lowest BCUT2D eigenvalue weighted by molar-refractivity contribution is 0.921. The number of nitrogens with zero attached hydrogens (tertiary/aromatic N) is 1. The molecular formula is C18H20BrN3S. The van der Waals surface area contributed by atoms with Crippen LogP contribution in [0.5, 0.6) is 0 Å². The Morgan fingerprint density at radius 3 is 2.52 bits per heavy atom. The second-order valence-corrected chi connectivity index (χ2v) is 7.00. The van der Waals surface area contributed by atoms with Crippen LogP contribution in [-0.2, 0) is 6.54 Å². The standard InChI is InChI=1S/C18H20BrN3S/c19-15-4-3-5-16(12-15)21-18(23)20-13-14-6-8-17(9-7-14)22-10-1-2-11-22/h3-9,12H,1-2,10-11,13H2,(H2,20,21,23). The highest BCUT2D eigenvalue weighted by molar-refractivity contribution is 9.10. The summed E-state index contributed by atoms with van der Waals surface area (Å²) < 4.78 is 1.03. The van der Waals surface area contributed by atoms with Gasteiger partial charge in [-0.05, 0) is 61.0 Å². The van der Waals surface area contributed by atoms with Gasteiger partial charge >= 0.3 is 0 Å². The predicted molar refractivity (Wildman–Crippen MR) is 105 cm³/mol. The normalized spacial score (nSPS) is 13.9. The Balaban J connectivity index is 1.50. The Bertz CT molecular complexity index is 666. The third-order valence-corrected chi connectivity index (χ3v) is 4.68. The van der Waals surface area contributed by atoms with Crippen molar-refractivity contribution in [2.45, 2.75) is 19.4 Å². The Hall–Kier alpha value is -1.59. The first-order valence-electron chi connectivity index (χ1n) is 7.85. The molecule has 5 heteroatoms. The van der Waals surface area contributed by atoms with Crippen LogP contribution in [0.15, 0.2) is 53.0 Å². The van der Waals surface area contributed by atoms with Gasteiger partial charge in [-0.25, -0.2) is 0 Å². The number of hydrogen-bond donors (Lipinski definition) is 2. The van der Waals surface area contributed by atoms with Gasteiger partial charge in [0.15, 0.2) is 5.11 Å². The fourth-order valence-corrected chi connectivity index (χ4v) is 3.31. The molecule has 1 aliphatic rings. The lowest BCUT2D eigenvalue weighted by Crippen LogP contribution is -2.27. The predicted octanol–water partition coefficient (Wildman–Crippen LogP) is 4.54. The van der Waals surface area contributed by atoms with E-state index < -0.39 is 0 Å². The fourth-order valence-electron chi connectivity index (χ4n) is 2.72. The summed E-state index contributed by atoms with van der Waals surface area (Å²) in [5.74, 6) is 0. The summed E-state index contributed by atoms with van der Waals surface area (Å²) in [6.45, 7) is 3.08. The smallest absolute Gasteiger partial charge is 0.171 e. The van der Waals surface area contributed by atoms with Crippen LogP contribution in [0.4, 0.5) is 11.4 Å². The van der Waals surface area contributed by atoms with Gasteiger partial charge in [-0.15, -0.1) is 0 Å². The number of hydrogen-bond acceptors (Lipinski definition) is 2. The molecular weight excluding hydrogens is 370 g/mol. The van der Waals surface area contributed by atoms with E-state index in [1.165, 1.54) is 37.2 Å². The molecule has 2 aromatic rings. The van der Waals surface area contributed by atoms with Crippen molar-refractivity contribution in [3.8, 4) is 0 Å². The Morgan fingerprint density at radius 1 is 1.09 bits per heavy atom. The third-order valence-electron chi connectivity index (χ3n) is 3.94. The molecule has 2 aromatic carbocycles. The van der Waals surface area contributed by atoms with E-state index in [9.17, 15) is 0 Å². The van der Waals surface area contributed by atoms with E-state index in [2.05, 4.69) is 55.7 Å². The van der Waals surface area contributed by atoms with E-state index in [0.717, 1.165) is 16.7 Å². The van der Waals surface area contributed by atoms with Gasteiger partial charge in [-0.3, -0.25) is 0 Å². The lowest BCUT2D eigenvalue weighted by atomic mass is 10.2. The molecule has 1 saturated heterocycles. The molecule has 1 fully saturated rings. The topological polar surface area (TPSA) is 27.3 Å². The number of nitrogens with one attached hydrogen (secondary N) is 2. The molecule has 1 aliphatic heterocycles. The first-order valence-corrected chi connectivity index (χ1v) is 9.05. The molecule has 0 amide bonds. The summed E-state index contributed by atoms with van der Waals surface area (Å²) in [4.78, 5) is 2.44. The molecule has 0 aromatic heterocycles. The number of halogens is 1. The largest absolute Gasteiger partial charge is 0.372 e. The van der Waals surface area contributed by atoms with Gasteiger partial charge in [0.1, 0.15) is 0 Å². The molecule has 0 saturated carbocycles. The molecule has 23 heavy (non-hydrogen) atoms. The van der Waals surface area contributed by atoms with Gasteiger partial charge in [0.05, 0.1) is 0 Å². The van der Waals surface area contributed by atoms with Gasteiger partial charge in [0.25, 0.3) is 0 Å². The van der Waals surface area contributed by atoms with Gasteiger partial charge < -0.3 is 15.5 Å². The Labute approximate surface area is 151 Å². The minimum atomic E-state index is 0.631. The lowest BCUT2D eigenvalue weighted by Gasteiger charge is -2.18. The highest BCUT2D eigenvalue weighted by Crippen LogP contribution is 2.20. The quantitative estimate of drug-likeness (QED) is 0.750. The maximum absolute atomic E-state index is 5.35. The van der Waals surface area contributed by atoms with E-state index in [1.807, 2.05) is 24.3 Å². The zero-order valence-electron chi connectivity index (χ0n) is 12.9. The average molecular weight is 390 g/mol. The molecule has 0 aliphatic carbocycles. The molecule has 3 rings (SSSR count). The van der Waals surface area contributed by atoms with Gasteiger partial charge in [0.2, 0.25) is 0 Å². The number of rotatable bonds is 4. The molecule has 0 spiro atoms. The van der Waals surface area contributed by atoms with Crippen LogP contribution in [0.1, 0.15) is 18.4 Å². The summed E-state index contributed by atoms with van der Waals surface area (Å²) in [6.07, 6.45) is 2.61. The monoisotopic (exact) mass is 389 g/mol. The summed E-state index contributed by atoms with van der Waals surface area (Å²) in [7, 11) is 0. The van der Waals surface area contributed by atoms with Crippen LogP contribution >= 0.6 is 28.1 Å². The molecule has 0 unspecified atom stereocenters. The Kier molecular flexibility index (Phi) is 5.51. The summed E-state index contributed by atoms with van der Waals surface area (Å²) in [6, 6.07) is 16.7. The molecule has 0 atom stereocenters. The van der Waals surface area contributed by atoms with Gasteiger partial charge in [-0.2, -0.15) is 0 Å². The van der Waals surface area contributed by atoms with Crippen molar-refractivity contribution in [3.63, 3.8) is 0 Å². The van der Waals surface area contributed by atoms with Crippen LogP contribution in [0, 0.1) is 0 Å². The zero-order valence-corrected chi connectivity index (χ0v) is 15.3. The molecule has 120 valence electrons. The van der Waals surface area contributed by atoms with Crippen molar-refractivity contribution in [2.75, 3.05) is 23.3 Å². The van der Waals surface area contributed by atoms with Crippen LogP contribution in [0.25, 0.3) is 0 Å². The van der Waals surface area contributed by atoms with E-state index in [0.29, 0.717) is 5.11 Å². The van der Waals surface area contributed by atoms with Crippen molar-refractivity contribution in [2.24, 2.45) is 0 Å². The van der Waals surface area contributed by atoms with Crippen LogP contribution in [-0.4, -0.2) is 18.2 Å². The molecule has 1 heterocycles. The van der Waals surface area contributed by atoms with Crippen molar-refractivity contribution in [1.29, 1.82) is 0 Å². The van der Waals surface area contributed by atoms with Crippen LogP contribution in [0.3, 0.4) is 0 Å². The first-order chi connectivity index (χ1) is 11.2. The minimum Gasteiger partial charge on any atom is -0.372 e. The van der Waals surface area contributed by atoms with E-state index in [1.54, 1.807) is 0 Å². The summed E-state index contributed by atoms with van der Waals surface area (Å²) in [5, 5.41) is 7.07. The fraction of sp³-hybridized carbons (Fsp3) is 0.278. The molecule has 0 radical (unpaired) electrons. The highest BCUT2D eigenvalue weighted by atomic mass is 79.9. The minimum absolute atomic E-state index is 0.631. The maximum atomic E-state index is 5.35. The van der Waals surface area contributed by atoms with Crippen molar-refractivity contribution >= 4 is 44.6 Å². The summed E-state index contributed by atoms with van der Waals surface area (Å²) in [5.41, 5.74) is 3.52. The number of anilines is 2. The second-order valence-electron chi connectivity index (χ2n) is 5.68. The molecule has 2 N–H and O–H groups in total. The molecule has 3 nitrogen and oxygen atoms in total. The van der Waals surface area contributed by atoms with Gasteiger partial charge in [-0.1, -0.05) is 34.1 Å². The van der Waals surface area contributed by atoms with E-state index in [-0.39, 0.29) is 0 Å². The second kappa shape index (κ2) is 7.79. The van der Waals surface area contributed by atoms with Gasteiger partial charge in [0, 0.05) is 35.5 Å². The van der Waals surface area contributed by atoms with Crippen molar-refractivity contribution < 1.29 is 0 Å². The van der Waals surface area contributed by atoms with E-state index >= 15 is 0 Å². The van der Waals surface area contributed by atoms with E-state index in [4.69, 9.17) is 12.2 Å². The molecule has 0 bridgehead atoms. The number of benzene rings is 2. The van der Waals surface area contributed by atoms with Crippen molar-refractivity contribution in [1.82, 2.24) is 5.32 Å².